The summed E-state index contributed by atoms with van der Waals surface area (Å²) in [5, 5.41) is 0. The van der Waals surface area contributed by atoms with Gasteiger partial charge < -0.3 is 0 Å². The molecular weight excluding hydrogens is 386 g/mol. The Balaban J connectivity index is 2.57. The smallest absolute Gasteiger partial charge is 0.268 e. The van der Waals surface area contributed by atoms with Crippen LogP contribution in [0.3, 0.4) is 0 Å². The molecule has 0 N–H and O–H groups in total. The van der Waals surface area contributed by atoms with Gasteiger partial charge in [-0.1, -0.05) is 0 Å². The van der Waals surface area contributed by atoms with E-state index in [9.17, 15) is 13.6 Å². The molecule has 0 saturated heterocycles. The lowest BCUT2D eigenvalue weighted by atomic mass is 10.2. The highest BCUT2D eigenvalue weighted by Gasteiger charge is 2.15. The molecule has 2 rings (SSSR count). The van der Waals surface area contributed by atoms with Gasteiger partial charge in [0.2, 0.25) is 0 Å². The molecule has 0 amide bonds. The quantitative estimate of drug-likeness (QED) is 0.733. The van der Waals surface area contributed by atoms with Crippen molar-refractivity contribution in [2.75, 3.05) is 0 Å². The molecule has 19 heavy (non-hydrogen) atoms. The van der Waals surface area contributed by atoms with Crippen molar-refractivity contribution in [3.05, 3.63) is 60.7 Å². The van der Waals surface area contributed by atoms with Crippen LogP contribution in [0.4, 0.5) is 8.78 Å². The van der Waals surface area contributed by atoms with E-state index in [0.717, 1.165) is 6.07 Å². The fourth-order valence-corrected chi connectivity index (χ4v) is 2.30. The SMILES string of the molecule is Cc1ncc(Br)c(=O)n1Cc1c(F)ccc(Br)c1F. The Bertz CT molecular complexity index is 701. The molecule has 0 fully saturated rings. The van der Waals surface area contributed by atoms with Crippen LogP contribution in [0.1, 0.15) is 11.4 Å². The van der Waals surface area contributed by atoms with Crippen LogP contribution in [0.15, 0.2) is 32.1 Å². The fourth-order valence-electron chi connectivity index (χ4n) is 1.61. The summed E-state index contributed by atoms with van der Waals surface area (Å²) in [5.74, 6) is -1.04. The van der Waals surface area contributed by atoms with Gasteiger partial charge in [-0.25, -0.2) is 13.8 Å². The minimum atomic E-state index is -0.716. The Morgan fingerprint density at radius 3 is 2.63 bits per heavy atom. The highest BCUT2D eigenvalue weighted by molar-refractivity contribution is 9.10. The van der Waals surface area contributed by atoms with Gasteiger partial charge in [-0.2, -0.15) is 0 Å². The Labute approximate surface area is 124 Å². The molecule has 0 bridgehead atoms. The standard InChI is InChI=1S/C12H8Br2F2N2O/c1-6-17-4-9(14)12(19)18(6)5-7-10(15)3-2-8(13)11(7)16/h2-4H,5H2,1H3. The molecule has 2 aromatic rings. The molecule has 0 aliphatic carbocycles. The van der Waals surface area contributed by atoms with E-state index in [2.05, 4.69) is 36.8 Å². The highest BCUT2D eigenvalue weighted by atomic mass is 79.9. The maximum absolute atomic E-state index is 13.9. The second-order valence-corrected chi connectivity index (χ2v) is 5.58. The molecule has 3 nitrogen and oxygen atoms in total. The summed E-state index contributed by atoms with van der Waals surface area (Å²) in [6.45, 7) is 1.38. The molecule has 1 heterocycles. The summed E-state index contributed by atoms with van der Waals surface area (Å²) in [5.41, 5.74) is -0.564. The van der Waals surface area contributed by atoms with Gasteiger partial charge in [0, 0.05) is 11.8 Å². The van der Waals surface area contributed by atoms with Crippen LogP contribution in [-0.2, 0) is 6.54 Å². The second kappa shape index (κ2) is 5.50. The van der Waals surface area contributed by atoms with Crippen molar-refractivity contribution in [2.24, 2.45) is 0 Å². The van der Waals surface area contributed by atoms with Crippen molar-refractivity contribution in [3.8, 4) is 0 Å². The summed E-state index contributed by atoms with van der Waals surface area (Å²) in [6, 6.07) is 2.43. The molecule has 0 radical (unpaired) electrons. The number of nitrogens with zero attached hydrogens (tertiary/aromatic N) is 2. The lowest BCUT2D eigenvalue weighted by molar-refractivity contribution is 0.532. The van der Waals surface area contributed by atoms with Gasteiger partial charge in [0.1, 0.15) is 21.9 Å². The van der Waals surface area contributed by atoms with E-state index < -0.39 is 11.6 Å². The van der Waals surface area contributed by atoms with Gasteiger partial charge in [-0.05, 0) is 50.9 Å². The van der Waals surface area contributed by atoms with Crippen molar-refractivity contribution in [1.29, 1.82) is 0 Å². The van der Waals surface area contributed by atoms with Gasteiger partial charge in [-0.15, -0.1) is 0 Å². The summed E-state index contributed by atoms with van der Waals surface area (Å²) >= 11 is 6.04. The first-order chi connectivity index (χ1) is 8.91. The van der Waals surface area contributed by atoms with Gasteiger partial charge in [0.15, 0.2) is 0 Å². The number of hydrogen-bond acceptors (Lipinski definition) is 2. The Morgan fingerprint density at radius 2 is 1.95 bits per heavy atom. The van der Waals surface area contributed by atoms with Gasteiger partial charge >= 0.3 is 0 Å². The van der Waals surface area contributed by atoms with Crippen molar-refractivity contribution < 1.29 is 8.78 Å². The predicted molar refractivity (Wildman–Crippen MR) is 74.1 cm³/mol. The minimum absolute atomic E-state index is 0.151. The van der Waals surface area contributed by atoms with Crippen LogP contribution in [0, 0.1) is 18.6 Å². The third kappa shape index (κ3) is 2.76. The van der Waals surface area contributed by atoms with E-state index in [4.69, 9.17) is 0 Å². The van der Waals surface area contributed by atoms with E-state index in [1.807, 2.05) is 0 Å². The Hall–Kier alpha value is -1.08. The van der Waals surface area contributed by atoms with Crippen LogP contribution >= 0.6 is 31.9 Å². The molecule has 0 aliphatic heterocycles. The Morgan fingerprint density at radius 1 is 1.26 bits per heavy atom. The molecule has 1 aromatic carbocycles. The van der Waals surface area contributed by atoms with E-state index in [1.54, 1.807) is 6.92 Å². The molecule has 1 aromatic heterocycles. The van der Waals surface area contributed by atoms with Crippen molar-refractivity contribution in [3.63, 3.8) is 0 Å². The number of hydrogen-bond donors (Lipinski definition) is 0. The van der Waals surface area contributed by atoms with E-state index in [0.29, 0.717) is 5.82 Å². The number of halogens is 4. The molecule has 0 saturated carbocycles. The monoisotopic (exact) mass is 392 g/mol. The van der Waals surface area contributed by atoms with Crippen LogP contribution < -0.4 is 5.56 Å². The second-order valence-electron chi connectivity index (χ2n) is 3.87. The first kappa shape index (κ1) is 14.3. The van der Waals surface area contributed by atoms with Crippen LogP contribution in [0.2, 0.25) is 0 Å². The molecule has 0 atom stereocenters. The number of rotatable bonds is 2. The van der Waals surface area contributed by atoms with Crippen LogP contribution in [0.5, 0.6) is 0 Å². The number of aryl methyl sites for hydroxylation is 1. The predicted octanol–water partition coefficient (Wildman–Crippen LogP) is 3.40. The average molecular weight is 394 g/mol. The third-order valence-corrected chi connectivity index (χ3v) is 3.82. The third-order valence-electron chi connectivity index (χ3n) is 2.66. The van der Waals surface area contributed by atoms with E-state index in [1.165, 1.54) is 16.8 Å². The number of benzene rings is 1. The molecular formula is C12H8Br2F2N2O. The lowest BCUT2D eigenvalue weighted by Gasteiger charge is -2.11. The molecule has 7 heteroatoms. The first-order valence-corrected chi connectivity index (χ1v) is 6.84. The minimum Gasteiger partial charge on any atom is -0.291 e. The molecule has 0 aliphatic rings. The Kier molecular flexibility index (Phi) is 4.15. The zero-order valence-electron chi connectivity index (χ0n) is 9.75. The van der Waals surface area contributed by atoms with Crippen molar-refractivity contribution in [1.82, 2.24) is 9.55 Å². The maximum atomic E-state index is 13.9. The van der Waals surface area contributed by atoms with Crippen LogP contribution in [-0.4, -0.2) is 9.55 Å². The fraction of sp³-hybridized carbons (Fsp3) is 0.167. The maximum Gasteiger partial charge on any atom is 0.268 e. The van der Waals surface area contributed by atoms with Crippen LogP contribution in [0.25, 0.3) is 0 Å². The largest absolute Gasteiger partial charge is 0.291 e. The first-order valence-electron chi connectivity index (χ1n) is 5.26. The zero-order chi connectivity index (χ0) is 14.2. The highest BCUT2D eigenvalue weighted by Crippen LogP contribution is 2.22. The number of aromatic nitrogens is 2. The summed E-state index contributed by atoms with van der Waals surface area (Å²) < 4.78 is 29.2. The van der Waals surface area contributed by atoms with Crippen molar-refractivity contribution >= 4 is 31.9 Å². The van der Waals surface area contributed by atoms with Crippen molar-refractivity contribution in [2.45, 2.75) is 13.5 Å². The molecule has 100 valence electrons. The normalized spacial score (nSPS) is 10.8. The van der Waals surface area contributed by atoms with E-state index >= 15 is 0 Å². The molecule has 0 spiro atoms. The summed E-state index contributed by atoms with van der Waals surface area (Å²) in [7, 11) is 0. The summed E-state index contributed by atoms with van der Waals surface area (Å²) in [4.78, 5) is 15.9. The van der Waals surface area contributed by atoms with Gasteiger partial charge in [0.05, 0.1) is 11.0 Å². The summed E-state index contributed by atoms with van der Waals surface area (Å²) in [6.07, 6.45) is 1.36. The van der Waals surface area contributed by atoms with Gasteiger partial charge in [0.25, 0.3) is 5.56 Å². The average Bonchev–Trinajstić information content (AvgIpc) is 2.38. The van der Waals surface area contributed by atoms with Gasteiger partial charge in [-0.3, -0.25) is 9.36 Å². The van der Waals surface area contributed by atoms with E-state index in [-0.39, 0.29) is 26.6 Å². The lowest BCUT2D eigenvalue weighted by Crippen LogP contribution is -2.25. The topological polar surface area (TPSA) is 34.9 Å². The molecule has 0 unspecified atom stereocenters. The zero-order valence-corrected chi connectivity index (χ0v) is 12.9.